The van der Waals surface area contributed by atoms with Gasteiger partial charge in [-0.05, 0) is 133 Å². The molecule has 0 fully saturated rings. The second kappa shape index (κ2) is 25.0. The van der Waals surface area contributed by atoms with Crippen LogP contribution in [0.2, 0.25) is 24.7 Å². The number of unbranched alkanes of at least 4 members (excludes halogenated alkanes) is 9. The van der Waals surface area contributed by atoms with Crippen molar-refractivity contribution in [3.8, 4) is 0 Å². The van der Waals surface area contributed by atoms with Crippen LogP contribution in [0.1, 0.15) is 140 Å². The molecular formula is C81H90N2Si3. The average Bonchev–Trinajstić information content (AvgIpc) is 1.54. The van der Waals surface area contributed by atoms with Crippen LogP contribution < -0.4 is 20.7 Å². The molecule has 0 N–H and O–H groups in total. The fourth-order valence-electron chi connectivity index (χ4n) is 16.5. The number of benzene rings is 9. The second-order valence-electron chi connectivity index (χ2n) is 25.8. The predicted molar refractivity (Wildman–Crippen MR) is 385 cm³/mol. The van der Waals surface area contributed by atoms with Gasteiger partial charge in [0.05, 0.1) is 0 Å². The summed E-state index contributed by atoms with van der Waals surface area (Å²) in [6.07, 6.45) is 29.2. The Morgan fingerprint density at radius 1 is 0.384 bits per heavy atom. The van der Waals surface area contributed by atoms with E-state index in [0.29, 0.717) is 0 Å². The van der Waals surface area contributed by atoms with Gasteiger partial charge in [-0.15, -0.1) is 0 Å². The van der Waals surface area contributed by atoms with Crippen LogP contribution in [0, 0.1) is 0 Å². The van der Waals surface area contributed by atoms with E-state index in [0.717, 1.165) is 31.7 Å². The molecule has 0 saturated carbocycles. The van der Waals surface area contributed by atoms with Gasteiger partial charge in [0.2, 0.25) is 8.24 Å². The smallest absolute Gasteiger partial charge is 0.222 e. The molecule has 2 aliphatic rings. The van der Waals surface area contributed by atoms with Gasteiger partial charge in [0.1, 0.15) is 8.07 Å². The standard InChI is InChI=1S/C81H90N2Si3/c1-7-12-15-17-32-54-85(53-31-16-13-8-2,82-74-41-26-22-37-66(74)67-38-23-27-42-75(67)82)80-51-49-78(70-47-45-61(11-5)57-73(70)80)84(6,65-58-62-33-18-19-34-63(62)59-65)79-50-52-81(71-48-46-60(10-4)56-72(71)79)86(55-30-14-9-3,64-35-20-21-36-64)83-76-43-28-24-39-68(76)69-40-25-29-44-77(69)83/h18-29,33-35,37-52,56-58H,7-17,30-32,36,53-55,59H2,1-6H3. The van der Waals surface area contributed by atoms with E-state index in [1.807, 2.05) is 0 Å². The van der Waals surface area contributed by atoms with Crippen molar-refractivity contribution in [3.63, 3.8) is 0 Å². The van der Waals surface area contributed by atoms with E-state index < -0.39 is 24.5 Å². The molecule has 0 spiro atoms. The summed E-state index contributed by atoms with van der Waals surface area (Å²) in [4.78, 5) is 0. The number of hydrogen-bond donors (Lipinski definition) is 0. The average molecular weight is 1180 g/mol. The molecule has 2 heterocycles. The number of allylic oxidation sites excluding steroid dienone is 5. The lowest BCUT2D eigenvalue weighted by molar-refractivity contribution is 0.648. The molecule has 0 aliphatic heterocycles. The quantitative estimate of drug-likeness (QED) is 0.0399. The van der Waals surface area contributed by atoms with Crippen molar-refractivity contribution < 1.29 is 0 Å². The van der Waals surface area contributed by atoms with Crippen molar-refractivity contribution in [2.24, 2.45) is 0 Å². The van der Waals surface area contributed by atoms with Gasteiger partial charge in [-0.1, -0.05) is 311 Å². The van der Waals surface area contributed by atoms with E-state index in [2.05, 4.69) is 256 Å². The van der Waals surface area contributed by atoms with Gasteiger partial charge in [-0.3, -0.25) is 0 Å². The summed E-state index contributed by atoms with van der Waals surface area (Å²) in [6, 6.07) is 77.3. The maximum absolute atomic E-state index is 3.03. The van der Waals surface area contributed by atoms with Crippen LogP contribution in [0.4, 0.5) is 0 Å². The molecule has 13 rings (SSSR count). The van der Waals surface area contributed by atoms with Crippen LogP contribution in [-0.2, 0) is 19.3 Å². The summed E-state index contributed by atoms with van der Waals surface area (Å²) in [5, 5.41) is 21.1. The molecule has 0 bridgehead atoms. The Morgan fingerprint density at radius 2 is 0.837 bits per heavy atom. The highest BCUT2D eigenvalue weighted by Gasteiger charge is 2.48. The van der Waals surface area contributed by atoms with Crippen molar-refractivity contribution in [1.29, 1.82) is 0 Å². The van der Waals surface area contributed by atoms with Crippen LogP contribution in [0.3, 0.4) is 0 Å². The Kier molecular flexibility index (Phi) is 16.9. The largest absolute Gasteiger partial charge is 0.363 e. The Balaban J connectivity index is 1.12. The van der Waals surface area contributed by atoms with Crippen molar-refractivity contribution in [1.82, 2.24) is 8.47 Å². The molecule has 2 aliphatic carbocycles. The number of aryl methyl sites for hydroxylation is 2. The monoisotopic (exact) mass is 1170 g/mol. The highest BCUT2D eigenvalue weighted by molar-refractivity contribution is 7.10. The predicted octanol–water partition coefficient (Wildman–Crippen LogP) is 20.3. The van der Waals surface area contributed by atoms with Gasteiger partial charge < -0.3 is 8.47 Å². The number of rotatable bonds is 25. The zero-order valence-electron chi connectivity index (χ0n) is 52.5. The van der Waals surface area contributed by atoms with Crippen molar-refractivity contribution in [2.45, 2.75) is 162 Å². The Morgan fingerprint density at radius 3 is 1.38 bits per heavy atom. The molecular weight excluding hydrogens is 1090 g/mol. The first-order valence-corrected chi connectivity index (χ1v) is 40.6. The zero-order chi connectivity index (χ0) is 58.8. The minimum Gasteiger partial charge on any atom is -0.363 e. The molecule has 2 aromatic heterocycles. The molecule has 0 radical (unpaired) electrons. The summed E-state index contributed by atoms with van der Waals surface area (Å²) in [5.74, 6) is 0. The molecule has 436 valence electrons. The van der Waals surface area contributed by atoms with Crippen LogP contribution in [0.25, 0.3) is 71.2 Å². The number of hydrogen-bond acceptors (Lipinski definition) is 0. The molecule has 11 aromatic rings. The van der Waals surface area contributed by atoms with Gasteiger partial charge in [-0.25, -0.2) is 0 Å². The van der Waals surface area contributed by atoms with Gasteiger partial charge in [0.15, 0.2) is 8.24 Å². The topological polar surface area (TPSA) is 9.86 Å². The SMILES string of the molecule is CCCCCCC[Si](CCCCCC)(c1ccc([Si](C)(C2=Cc3ccccc3C2)c2ccc([Si](CCCCC)(C3=CC=CC3)n3c4ccccc4c4ccccc43)c3ccc(CC)cc23)c2ccc(CC)cc12)n1c2ccccc2c2ccccc21. The second-order valence-corrected chi connectivity index (χ2v) is 37.7. The van der Waals surface area contributed by atoms with Crippen molar-refractivity contribution >= 4 is 117 Å². The van der Waals surface area contributed by atoms with Crippen LogP contribution in [0.5, 0.6) is 0 Å². The lowest BCUT2D eigenvalue weighted by Gasteiger charge is -2.40. The number of nitrogens with zero attached hydrogens (tertiary/aromatic N) is 2. The molecule has 2 nitrogen and oxygen atoms in total. The number of aromatic nitrogens is 2. The van der Waals surface area contributed by atoms with E-state index in [4.69, 9.17) is 0 Å². The van der Waals surface area contributed by atoms with E-state index in [1.54, 1.807) is 31.1 Å². The fourth-order valence-corrected chi connectivity index (χ4v) is 31.9. The summed E-state index contributed by atoms with van der Waals surface area (Å²) < 4.78 is 5.99. The molecule has 0 saturated heterocycles. The zero-order valence-corrected chi connectivity index (χ0v) is 55.5. The first kappa shape index (κ1) is 58.0. The molecule has 0 amide bonds. The lowest BCUT2D eigenvalue weighted by atomic mass is 10.1. The fraction of sp³-hybridized carbons (Fsp3) is 0.309. The number of fused-ring (bicyclic) bond motifs is 9. The van der Waals surface area contributed by atoms with E-state index >= 15 is 0 Å². The Bertz CT molecular complexity index is 4290. The van der Waals surface area contributed by atoms with Crippen LogP contribution >= 0.6 is 0 Å². The lowest BCUT2D eigenvalue weighted by Crippen LogP contribution is -2.61. The first-order valence-electron chi connectivity index (χ1n) is 33.6. The third-order valence-electron chi connectivity index (χ3n) is 21.0. The third kappa shape index (κ3) is 9.89. The van der Waals surface area contributed by atoms with Crippen LogP contribution in [-0.4, -0.2) is 33.0 Å². The van der Waals surface area contributed by atoms with Gasteiger partial charge in [0, 0.05) is 43.6 Å². The summed E-state index contributed by atoms with van der Waals surface area (Å²) in [6.45, 7) is 14.7. The van der Waals surface area contributed by atoms with Gasteiger partial charge >= 0.3 is 0 Å². The minimum absolute atomic E-state index is 0.983. The molecule has 3 unspecified atom stereocenters. The van der Waals surface area contributed by atoms with E-state index in [1.165, 1.54) is 177 Å². The maximum atomic E-state index is 3.03. The first-order chi connectivity index (χ1) is 42.3. The maximum Gasteiger partial charge on any atom is 0.222 e. The van der Waals surface area contributed by atoms with E-state index in [9.17, 15) is 0 Å². The highest BCUT2D eigenvalue weighted by atomic mass is 28.3. The number of para-hydroxylation sites is 4. The molecule has 5 heteroatoms. The molecule has 3 atom stereocenters. The third-order valence-corrected chi connectivity index (χ3v) is 35.8. The Labute approximate surface area is 516 Å². The molecule has 86 heavy (non-hydrogen) atoms. The molecule has 9 aromatic carbocycles. The van der Waals surface area contributed by atoms with Crippen LogP contribution in [0.15, 0.2) is 211 Å². The van der Waals surface area contributed by atoms with Gasteiger partial charge in [0.25, 0.3) is 0 Å². The minimum atomic E-state index is -2.92. The van der Waals surface area contributed by atoms with Gasteiger partial charge in [-0.2, -0.15) is 0 Å². The van der Waals surface area contributed by atoms with E-state index in [-0.39, 0.29) is 0 Å². The Hall–Kier alpha value is -7.03. The normalized spacial score (nSPS) is 15.5. The van der Waals surface area contributed by atoms with Crippen molar-refractivity contribution in [3.05, 3.63) is 233 Å². The highest BCUT2D eigenvalue weighted by Crippen LogP contribution is 2.43. The summed E-state index contributed by atoms with van der Waals surface area (Å²) >= 11 is 0. The summed E-state index contributed by atoms with van der Waals surface area (Å²) in [5.41, 5.74) is 11.3. The summed E-state index contributed by atoms with van der Waals surface area (Å²) in [7, 11) is -8.40. The van der Waals surface area contributed by atoms with Crippen molar-refractivity contribution in [2.75, 3.05) is 0 Å².